The molecule has 0 aliphatic heterocycles. The van der Waals surface area contributed by atoms with Gasteiger partial charge in [0.25, 0.3) is 0 Å². The summed E-state index contributed by atoms with van der Waals surface area (Å²) < 4.78 is 4.28. The maximum absolute atomic E-state index is 4.50. The molecule has 3 heterocycles. The molecule has 4 rings (SSSR count). The van der Waals surface area contributed by atoms with Crippen LogP contribution in [0.4, 0.5) is 0 Å². The van der Waals surface area contributed by atoms with Crippen LogP contribution in [0.25, 0.3) is 11.0 Å². The molecule has 1 unspecified atom stereocenters. The summed E-state index contributed by atoms with van der Waals surface area (Å²) in [4.78, 5) is 8.66. The molecule has 0 spiro atoms. The number of aromatic nitrogens is 7. The van der Waals surface area contributed by atoms with E-state index < -0.39 is 0 Å². The average Bonchev–Trinajstić information content (AvgIpc) is 3.28. The van der Waals surface area contributed by atoms with Gasteiger partial charge in [-0.15, -0.1) is 5.10 Å². The van der Waals surface area contributed by atoms with Crippen molar-refractivity contribution >= 4 is 11.0 Å². The first-order chi connectivity index (χ1) is 11.9. The Morgan fingerprint density at radius 2 is 2.12 bits per heavy atom. The normalized spacial score (nSPS) is 17.4. The summed E-state index contributed by atoms with van der Waals surface area (Å²) >= 11 is 0. The standard InChI is InChI=1S/C17H23N7/c1-2-6-16(23-12-19-14-11-18-10-9-15(14)23)17-20-21-22-24(17)13-7-4-3-5-8-13/h9-13,16H,2-8H2,1H3. The van der Waals surface area contributed by atoms with Crippen molar-refractivity contribution < 1.29 is 0 Å². The minimum absolute atomic E-state index is 0.110. The predicted molar refractivity (Wildman–Crippen MR) is 90.5 cm³/mol. The lowest BCUT2D eigenvalue weighted by molar-refractivity contribution is 0.306. The van der Waals surface area contributed by atoms with Gasteiger partial charge in [-0.2, -0.15) is 0 Å². The van der Waals surface area contributed by atoms with Gasteiger partial charge in [0.15, 0.2) is 5.82 Å². The number of tetrazole rings is 1. The van der Waals surface area contributed by atoms with Crippen molar-refractivity contribution in [1.82, 2.24) is 34.7 Å². The van der Waals surface area contributed by atoms with Crippen molar-refractivity contribution in [1.29, 1.82) is 0 Å². The predicted octanol–water partition coefficient (Wildman–Crippen LogP) is 3.31. The van der Waals surface area contributed by atoms with Gasteiger partial charge < -0.3 is 4.57 Å². The molecule has 0 saturated heterocycles. The minimum atomic E-state index is 0.110. The lowest BCUT2D eigenvalue weighted by Gasteiger charge is -2.25. The van der Waals surface area contributed by atoms with Gasteiger partial charge in [0, 0.05) is 6.20 Å². The second-order valence-corrected chi connectivity index (χ2v) is 6.59. The lowest BCUT2D eigenvalue weighted by Crippen LogP contribution is -2.22. The zero-order valence-electron chi connectivity index (χ0n) is 14.0. The molecule has 1 fully saturated rings. The van der Waals surface area contributed by atoms with E-state index in [2.05, 4.69) is 41.7 Å². The fourth-order valence-electron chi connectivity index (χ4n) is 3.80. The second kappa shape index (κ2) is 6.67. The van der Waals surface area contributed by atoms with Crippen molar-refractivity contribution in [2.45, 2.75) is 64.0 Å². The van der Waals surface area contributed by atoms with Gasteiger partial charge in [0.05, 0.1) is 30.1 Å². The molecular weight excluding hydrogens is 302 g/mol. The van der Waals surface area contributed by atoms with Gasteiger partial charge in [0.1, 0.15) is 5.52 Å². The Morgan fingerprint density at radius 3 is 2.96 bits per heavy atom. The van der Waals surface area contributed by atoms with Gasteiger partial charge in [-0.25, -0.2) is 9.67 Å². The third-order valence-electron chi connectivity index (χ3n) is 5.01. The first-order valence-corrected chi connectivity index (χ1v) is 8.92. The van der Waals surface area contributed by atoms with Crippen molar-refractivity contribution in [2.24, 2.45) is 0 Å². The number of pyridine rings is 1. The highest BCUT2D eigenvalue weighted by molar-refractivity contribution is 5.74. The van der Waals surface area contributed by atoms with Crippen LogP contribution in [0, 0.1) is 0 Å². The summed E-state index contributed by atoms with van der Waals surface area (Å²) in [5.74, 6) is 0.958. The molecule has 1 aliphatic carbocycles. The minimum Gasteiger partial charge on any atom is -0.320 e. The number of imidazole rings is 1. The lowest BCUT2D eigenvalue weighted by atomic mass is 9.95. The molecular formula is C17H23N7. The second-order valence-electron chi connectivity index (χ2n) is 6.59. The highest BCUT2D eigenvalue weighted by Gasteiger charge is 2.26. The van der Waals surface area contributed by atoms with Gasteiger partial charge >= 0.3 is 0 Å². The summed E-state index contributed by atoms with van der Waals surface area (Å²) in [5.41, 5.74) is 2.00. The van der Waals surface area contributed by atoms with Gasteiger partial charge in [-0.1, -0.05) is 32.6 Å². The molecule has 1 saturated carbocycles. The smallest absolute Gasteiger partial charge is 0.174 e. The van der Waals surface area contributed by atoms with Crippen LogP contribution in [0.3, 0.4) is 0 Å². The molecule has 0 N–H and O–H groups in total. The Balaban J connectivity index is 1.75. The topological polar surface area (TPSA) is 74.3 Å². The molecule has 0 radical (unpaired) electrons. The summed E-state index contributed by atoms with van der Waals surface area (Å²) in [5, 5.41) is 12.8. The Bertz CT molecular complexity index is 800. The van der Waals surface area contributed by atoms with E-state index in [1.54, 1.807) is 6.20 Å². The third kappa shape index (κ3) is 2.68. The fourth-order valence-corrected chi connectivity index (χ4v) is 3.80. The van der Waals surface area contributed by atoms with Crippen LogP contribution in [0.5, 0.6) is 0 Å². The molecule has 1 aliphatic rings. The zero-order chi connectivity index (χ0) is 16.4. The quantitative estimate of drug-likeness (QED) is 0.719. The Hall–Kier alpha value is -2.31. The zero-order valence-corrected chi connectivity index (χ0v) is 14.0. The molecule has 3 aromatic rings. The fraction of sp³-hybridized carbons (Fsp3) is 0.588. The van der Waals surface area contributed by atoms with Crippen molar-refractivity contribution in [3.8, 4) is 0 Å². The molecule has 0 amide bonds. The number of fused-ring (bicyclic) bond motifs is 1. The van der Waals surface area contributed by atoms with E-state index >= 15 is 0 Å². The molecule has 24 heavy (non-hydrogen) atoms. The molecule has 0 bridgehead atoms. The summed E-state index contributed by atoms with van der Waals surface area (Å²) in [7, 11) is 0. The van der Waals surface area contributed by atoms with E-state index in [1.807, 2.05) is 18.6 Å². The number of nitrogens with zero attached hydrogens (tertiary/aromatic N) is 7. The molecule has 3 aromatic heterocycles. The Morgan fingerprint density at radius 1 is 1.25 bits per heavy atom. The first-order valence-electron chi connectivity index (χ1n) is 8.92. The van der Waals surface area contributed by atoms with Crippen LogP contribution in [0.15, 0.2) is 24.8 Å². The SMILES string of the molecule is CCCC(c1nnnn1C1CCCCC1)n1cnc2cnccc21. The van der Waals surface area contributed by atoms with E-state index in [4.69, 9.17) is 0 Å². The van der Waals surface area contributed by atoms with Gasteiger partial charge in [-0.3, -0.25) is 4.98 Å². The number of rotatable bonds is 5. The van der Waals surface area contributed by atoms with Crippen LogP contribution in [0.2, 0.25) is 0 Å². The van der Waals surface area contributed by atoms with E-state index in [1.165, 1.54) is 32.1 Å². The van der Waals surface area contributed by atoms with Crippen LogP contribution >= 0.6 is 0 Å². The maximum atomic E-state index is 4.50. The highest BCUT2D eigenvalue weighted by atomic mass is 15.6. The molecule has 7 nitrogen and oxygen atoms in total. The number of hydrogen-bond donors (Lipinski definition) is 0. The largest absolute Gasteiger partial charge is 0.320 e. The first kappa shape index (κ1) is 15.2. The van der Waals surface area contributed by atoms with E-state index in [0.29, 0.717) is 6.04 Å². The summed E-state index contributed by atoms with van der Waals surface area (Å²) in [6, 6.07) is 2.55. The molecule has 126 valence electrons. The van der Waals surface area contributed by atoms with Crippen LogP contribution < -0.4 is 0 Å². The Kier molecular flexibility index (Phi) is 4.23. The van der Waals surface area contributed by atoms with Gasteiger partial charge in [0.2, 0.25) is 0 Å². The monoisotopic (exact) mass is 325 g/mol. The maximum Gasteiger partial charge on any atom is 0.174 e. The molecule has 7 heteroatoms. The Labute approximate surface area is 141 Å². The van der Waals surface area contributed by atoms with Crippen LogP contribution in [-0.4, -0.2) is 34.7 Å². The van der Waals surface area contributed by atoms with E-state index in [9.17, 15) is 0 Å². The molecule has 1 atom stereocenters. The van der Waals surface area contributed by atoms with E-state index in [0.717, 1.165) is 29.7 Å². The third-order valence-corrected chi connectivity index (χ3v) is 5.01. The van der Waals surface area contributed by atoms with Crippen molar-refractivity contribution in [2.75, 3.05) is 0 Å². The number of hydrogen-bond acceptors (Lipinski definition) is 5. The molecule has 0 aromatic carbocycles. The van der Waals surface area contributed by atoms with Crippen LogP contribution in [-0.2, 0) is 0 Å². The average molecular weight is 325 g/mol. The summed E-state index contributed by atoms with van der Waals surface area (Å²) in [6.45, 7) is 2.20. The van der Waals surface area contributed by atoms with Crippen LogP contribution in [0.1, 0.15) is 69.8 Å². The van der Waals surface area contributed by atoms with Gasteiger partial charge in [-0.05, 0) is 35.8 Å². The van der Waals surface area contributed by atoms with Crippen molar-refractivity contribution in [3.05, 3.63) is 30.6 Å². The summed E-state index contributed by atoms with van der Waals surface area (Å²) in [6.07, 6.45) is 13.8. The van der Waals surface area contributed by atoms with Crippen molar-refractivity contribution in [3.63, 3.8) is 0 Å². The van der Waals surface area contributed by atoms with E-state index in [-0.39, 0.29) is 6.04 Å². The highest BCUT2D eigenvalue weighted by Crippen LogP contribution is 2.32.